The molecule has 2 N–H and O–H groups in total. The fourth-order valence-corrected chi connectivity index (χ4v) is 3.50. The van der Waals surface area contributed by atoms with Crippen molar-refractivity contribution in [3.05, 3.63) is 53.6 Å². The Kier molecular flexibility index (Phi) is 6.41. The molecule has 148 valence electrons. The van der Waals surface area contributed by atoms with Crippen LogP contribution in [0.25, 0.3) is 0 Å². The highest BCUT2D eigenvalue weighted by Gasteiger charge is 2.29. The fourth-order valence-electron chi connectivity index (χ4n) is 3.33. The molecular weight excluding hydrogens is 376 g/mol. The summed E-state index contributed by atoms with van der Waals surface area (Å²) < 4.78 is 0. The molecule has 3 rings (SSSR count). The topological polar surface area (TPSA) is 64.7 Å². The van der Waals surface area contributed by atoms with Gasteiger partial charge >= 0.3 is 6.03 Å². The van der Waals surface area contributed by atoms with E-state index < -0.39 is 0 Å². The smallest absolute Gasteiger partial charge is 0.321 e. The normalized spacial score (nSPS) is 16.4. The average Bonchev–Trinajstić information content (AvgIpc) is 2.68. The molecule has 1 fully saturated rings. The number of hydrogen-bond donors (Lipinski definition) is 2. The first-order valence-electron chi connectivity index (χ1n) is 9.33. The van der Waals surface area contributed by atoms with Crippen molar-refractivity contribution in [3.63, 3.8) is 0 Å². The van der Waals surface area contributed by atoms with E-state index in [0.717, 1.165) is 24.2 Å². The molecule has 0 bridgehead atoms. The second kappa shape index (κ2) is 8.97. The third-order valence-corrected chi connectivity index (χ3v) is 5.04. The van der Waals surface area contributed by atoms with E-state index in [9.17, 15) is 9.59 Å². The number of hydrogen-bond acceptors (Lipinski definition) is 3. The van der Waals surface area contributed by atoms with Gasteiger partial charge in [-0.2, -0.15) is 0 Å². The Bertz CT molecular complexity index is 842. The van der Waals surface area contributed by atoms with E-state index >= 15 is 0 Å². The van der Waals surface area contributed by atoms with Crippen molar-refractivity contribution in [2.24, 2.45) is 5.92 Å². The Labute approximate surface area is 170 Å². The summed E-state index contributed by atoms with van der Waals surface area (Å²) in [6.07, 6.45) is 1.54. The molecule has 0 aliphatic carbocycles. The number of carbonyl (C=O) groups excluding carboxylic acids is 2. The maximum absolute atomic E-state index is 12.8. The van der Waals surface area contributed by atoms with Crippen LogP contribution in [0, 0.1) is 5.92 Å². The number of anilines is 3. The number of benzene rings is 2. The number of likely N-dealkylation sites (tertiary alicyclic amines) is 1. The van der Waals surface area contributed by atoms with Crippen LogP contribution in [0.5, 0.6) is 0 Å². The Morgan fingerprint density at radius 1 is 1.11 bits per heavy atom. The highest BCUT2D eigenvalue weighted by molar-refractivity contribution is 6.31. The maximum atomic E-state index is 12.8. The van der Waals surface area contributed by atoms with Crippen molar-refractivity contribution in [3.8, 4) is 0 Å². The van der Waals surface area contributed by atoms with Gasteiger partial charge in [-0.05, 0) is 43.2 Å². The number of halogens is 1. The number of piperidine rings is 1. The summed E-state index contributed by atoms with van der Waals surface area (Å²) in [6.45, 7) is 1.03. The molecule has 3 amide bonds. The lowest BCUT2D eigenvalue weighted by molar-refractivity contribution is -0.121. The van der Waals surface area contributed by atoms with Crippen molar-refractivity contribution in [1.82, 2.24) is 4.90 Å². The van der Waals surface area contributed by atoms with Crippen LogP contribution in [0.3, 0.4) is 0 Å². The van der Waals surface area contributed by atoms with Crippen molar-refractivity contribution >= 4 is 40.6 Å². The van der Waals surface area contributed by atoms with Crippen LogP contribution in [0.2, 0.25) is 5.02 Å². The van der Waals surface area contributed by atoms with Gasteiger partial charge in [0.05, 0.1) is 17.3 Å². The molecule has 1 atom stereocenters. The number of amides is 3. The average molecular weight is 401 g/mol. The second-order valence-corrected chi connectivity index (χ2v) is 7.56. The standard InChI is InChI=1S/C21H25ClN4O2/c1-25(2)19-11-10-16(22)13-18(19)24-20(27)15-7-6-12-26(14-15)21(28)23-17-8-4-3-5-9-17/h3-5,8-11,13,15H,6-7,12,14H2,1-2H3,(H,23,28)(H,24,27). The van der Waals surface area contributed by atoms with E-state index in [-0.39, 0.29) is 17.9 Å². The van der Waals surface area contributed by atoms with Crippen molar-refractivity contribution < 1.29 is 9.59 Å². The Balaban J connectivity index is 1.65. The van der Waals surface area contributed by atoms with Gasteiger partial charge in [-0.25, -0.2) is 4.79 Å². The molecule has 1 heterocycles. The summed E-state index contributed by atoms with van der Waals surface area (Å²) in [6, 6.07) is 14.6. The zero-order valence-electron chi connectivity index (χ0n) is 16.1. The van der Waals surface area contributed by atoms with Crippen LogP contribution in [0.15, 0.2) is 48.5 Å². The van der Waals surface area contributed by atoms with E-state index in [2.05, 4.69) is 10.6 Å². The number of nitrogens with one attached hydrogen (secondary N) is 2. The minimum atomic E-state index is -0.260. The van der Waals surface area contributed by atoms with Gasteiger partial charge < -0.3 is 20.4 Å². The Morgan fingerprint density at radius 3 is 2.57 bits per heavy atom. The van der Waals surface area contributed by atoms with Crippen molar-refractivity contribution in [1.29, 1.82) is 0 Å². The van der Waals surface area contributed by atoms with Gasteiger partial charge in [-0.15, -0.1) is 0 Å². The molecule has 7 heteroatoms. The highest BCUT2D eigenvalue weighted by Crippen LogP contribution is 2.29. The second-order valence-electron chi connectivity index (χ2n) is 7.13. The fraction of sp³-hybridized carbons (Fsp3) is 0.333. The van der Waals surface area contributed by atoms with Crippen LogP contribution in [-0.4, -0.2) is 44.0 Å². The molecule has 0 spiro atoms. The molecule has 1 saturated heterocycles. The number of para-hydroxylation sites is 1. The SMILES string of the molecule is CN(C)c1ccc(Cl)cc1NC(=O)C1CCCN(C(=O)Nc2ccccc2)C1. The van der Waals surface area contributed by atoms with E-state index in [1.807, 2.05) is 55.4 Å². The van der Waals surface area contributed by atoms with Gasteiger partial charge in [0.1, 0.15) is 0 Å². The number of urea groups is 1. The molecule has 6 nitrogen and oxygen atoms in total. The Hall–Kier alpha value is -2.73. The van der Waals surface area contributed by atoms with Crippen LogP contribution in [0.1, 0.15) is 12.8 Å². The first kappa shape index (κ1) is 20.0. The lowest BCUT2D eigenvalue weighted by Crippen LogP contribution is -2.45. The molecule has 1 aliphatic rings. The van der Waals surface area contributed by atoms with E-state index in [1.165, 1.54) is 0 Å². The number of nitrogens with zero attached hydrogens (tertiary/aromatic N) is 2. The predicted octanol–water partition coefficient (Wildman–Crippen LogP) is 4.29. The van der Waals surface area contributed by atoms with Gasteiger partial charge in [0.25, 0.3) is 0 Å². The lowest BCUT2D eigenvalue weighted by Gasteiger charge is -2.32. The third kappa shape index (κ3) is 4.95. The molecule has 28 heavy (non-hydrogen) atoms. The molecule has 0 saturated carbocycles. The monoisotopic (exact) mass is 400 g/mol. The maximum Gasteiger partial charge on any atom is 0.321 e. The lowest BCUT2D eigenvalue weighted by atomic mass is 9.97. The van der Waals surface area contributed by atoms with Gasteiger partial charge in [-0.1, -0.05) is 29.8 Å². The molecular formula is C21H25ClN4O2. The predicted molar refractivity (Wildman–Crippen MR) is 114 cm³/mol. The number of rotatable bonds is 4. The van der Waals surface area contributed by atoms with E-state index in [1.54, 1.807) is 17.0 Å². The van der Waals surface area contributed by atoms with Crippen LogP contribution in [0.4, 0.5) is 21.9 Å². The first-order valence-corrected chi connectivity index (χ1v) is 9.70. The first-order chi connectivity index (χ1) is 13.4. The van der Waals surface area contributed by atoms with Crippen LogP contribution < -0.4 is 15.5 Å². The minimum absolute atomic E-state index is 0.0948. The number of carbonyl (C=O) groups is 2. The summed E-state index contributed by atoms with van der Waals surface area (Å²) in [7, 11) is 3.82. The summed E-state index contributed by atoms with van der Waals surface area (Å²) in [5.41, 5.74) is 2.30. The van der Waals surface area contributed by atoms with Crippen LogP contribution >= 0.6 is 11.6 Å². The Morgan fingerprint density at radius 2 is 1.86 bits per heavy atom. The summed E-state index contributed by atoms with van der Waals surface area (Å²) >= 11 is 6.10. The quantitative estimate of drug-likeness (QED) is 0.804. The molecule has 1 unspecified atom stereocenters. The van der Waals surface area contributed by atoms with E-state index in [0.29, 0.717) is 23.8 Å². The third-order valence-electron chi connectivity index (χ3n) is 4.80. The van der Waals surface area contributed by atoms with Gasteiger partial charge in [0.15, 0.2) is 0 Å². The van der Waals surface area contributed by atoms with E-state index in [4.69, 9.17) is 11.6 Å². The van der Waals surface area contributed by atoms with Gasteiger partial charge in [0.2, 0.25) is 5.91 Å². The molecule has 0 radical (unpaired) electrons. The van der Waals surface area contributed by atoms with Crippen molar-refractivity contribution in [2.75, 3.05) is 42.7 Å². The zero-order valence-corrected chi connectivity index (χ0v) is 16.9. The molecule has 2 aromatic rings. The molecule has 1 aliphatic heterocycles. The minimum Gasteiger partial charge on any atom is -0.376 e. The largest absolute Gasteiger partial charge is 0.376 e. The zero-order chi connectivity index (χ0) is 20.1. The molecule has 2 aromatic carbocycles. The molecule has 0 aromatic heterocycles. The summed E-state index contributed by atoms with van der Waals surface area (Å²) in [4.78, 5) is 29.0. The van der Waals surface area contributed by atoms with Gasteiger partial charge in [0, 0.05) is 37.9 Å². The highest BCUT2D eigenvalue weighted by atomic mass is 35.5. The van der Waals surface area contributed by atoms with Crippen molar-refractivity contribution in [2.45, 2.75) is 12.8 Å². The summed E-state index contributed by atoms with van der Waals surface area (Å²) in [5.74, 6) is -0.355. The van der Waals surface area contributed by atoms with Gasteiger partial charge in [-0.3, -0.25) is 4.79 Å². The summed E-state index contributed by atoms with van der Waals surface area (Å²) in [5, 5.41) is 6.43. The van der Waals surface area contributed by atoms with Crippen LogP contribution in [-0.2, 0) is 4.79 Å².